The molecular weight excluding hydrogens is 304 g/mol. The van der Waals surface area contributed by atoms with E-state index in [-0.39, 0.29) is 17.5 Å². The third-order valence-corrected chi connectivity index (χ3v) is 3.30. The van der Waals surface area contributed by atoms with Crippen molar-refractivity contribution in [3.8, 4) is 5.75 Å². The van der Waals surface area contributed by atoms with Crippen LogP contribution in [0, 0.1) is 0 Å². The van der Waals surface area contributed by atoms with Gasteiger partial charge in [-0.05, 0) is 17.7 Å². The van der Waals surface area contributed by atoms with E-state index in [9.17, 15) is 9.59 Å². The van der Waals surface area contributed by atoms with Crippen LogP contribution in [0.4, 0.5) is 0 Å². The van der Waals surface area contributed by atoms with Crippen LogP contribution in [-0.4, -0.2) is 18.9 Å². The van der Waals surface area contributed by atoms with Gasteiger partial charge in [-0.3, -0.25) is 9.59 Å². The molecular formula is C19H20N2O3. The molecule has 0 aliphatic carbocycles. The minimum absolute atomic E-state index is 0.198. The third kappa shape index (κ3) is 4.98. The van der Waals surface area contributed by atoms with E-state index < -0.39 is 0 Å². The molecule has 0 aromatic heterocycles. The quantitative estimate of drug-likeness (QED) is 0.802. The van der Waals surface area contributed by atoms with Crippen molar-refractivity contribution in [3.05, 3.63) is 71.4 Å². The molecule has 0 aliphatic rings. The van der Waals surface area contributed by atoms with Gasteiger partial charge in [-0.1, -0.05) is 48.5 Å². The van der Waals surface area contributed by atoms with Crippen LogP contribution in [0.25, 0.3) is 6.08 Å². The molecule has 2 aromatic rings. The summed E-state index contributed by atoms with van der Waals surface area (Å²) in [5, 5.41) is 5.37. The van der Waals surface area contributed by atoms with E-state index in [2.05, 4.69) is 10.6 Å². The Morgan fingerprint density at radius 2 is 1.71 bits per heavy atom. The number of benzene rings is 2. The number of rotatable bonds is 6. The number of para-hydroxylation sites is 1. The number of hydrogen-bond acceptors (Lipinski definition) is 3. The minimum Gasteiger partial charge on any atom is -0.496 e. The molecule has 0 radical (unpaired) electrons. The molecule has 2 N–H and O–H groups in total. The molecule has 5 heteroatoms. The third-order valence-electron chi connectivity index (χ3n) is 3.30. The van der Waals surface area contributed by atoms with Crippen molar-refractivity contribution in [3.63, 3.8) is 0 Å². The number of carbonyl (C=O) groups excluding carboxylic acids is 2. The van der Waals surface area contributed by atoms with Crippen LogP contribution in [0.15, 0.2) is 60.3 Å². The van der Waals surface area contributed by atoms with Crippen molar-refractivity contribution < 1.29 is 14.3 Å². The number of carbonyl (C=O) groups is 2. The summed E-state index contributed by atoms with van der Waals surface area (Å²) in [6.07, 6.45) is 1.64. The van der Waals surface area contributed by atoms with Crippen LogP contribution in [-0.2, 0) is 16.1 Å². The average molecular weight is 324 g/mol. The zero-order chi connectivity index (χ0) is 17.4. The Kier molecular flexibility index (Phi) is 6.14. The van der Waals surface area contributed by atoms with Crippen molar-refractivity contribution in [2.45, 2.75) is 13.5 Å². The summed E-state index contributed by atoms with van der Waals surface area (Å²) in [5.41, 5.74) is 1.88. The first-order chi connectivity index (χ1) is 11.6. The molecule has 2 rings (SSSR count). The topological polar surface area (TPSA) is 67.4 Å². The molecule has 0 bridgehead atoms. The Morgan fingerprint density at radius 3 is 2.38 bits per heavy atom. The number of ether oxygens (including phenoxy) is 1. The molecule has 0 saturated heterocycles. The first-order valence-electron chi connectivity index (χ1n) is 7.54. The van der Waals surface area contributed by atoms with Crippen molar-refractivity contribution in [2.75, 3.05) is 7.11 Å². The van der Waals surface area contributed by atoms with Gasteiger partial charge in [0.1, 0.15) is 11.4 Å². The van der Waals surface area contributed by atoms with Gasteiger partial charge in [-0.25, -0.2) is 0 Å². The van der Waals surface area contributed by atoms with Crippen LogP contribution < -0.4 is 15.4 Å². The van der Waals surface area contributed by atoms with Crippen LogP contribution in [0.2, 0.25) is 0 Å². The first-order valence-corrected chi connectivity index (χ1v) is 7.54. The van der Waals surface area contributed by atoms with Gasteiger partial charge in [0.05, 0.1) is 7.11 Å². The van der Waals surface area contributed by atoms with Gasteiger partial charge < -0.3 is 15.4 Å². The molecule has 0 heterocycles. The zero-order valence-corrected chi connectivity index (χ0v) is 13.7. The van der Waals surface area contributed by atoms with E-state index in [1.54, 1.807) is 13.2 Å². The summed E-state index contributed by atoms with van der Waals surface area (Å²) in [6.45, 7) is 1.67. The van der Waals surface area contributed by atoms with Gasteiger partial charge in [-0.15, -0.1) is 0 Å². The second-order valence-corrected chi connectivity index (χ2v) is 5.14. The van der Waals surface area contributed by atoms with E-state index in [0.717, 1.165) is 11.1 Å². The molecule has 2 amide bonds. The molecule has 0 atom stereocenters. The van der Waals surface area contributed by atoms with Gasteiger partial charge in [0, 0.05) is 19.0 Å². The molecule has 0 saturated carbocycles. The fourth-order valence-electron chi connectivity index (χ4n) is 2.18. The predicted molar refractivity (Wildman–Crippen MR) is 93.1 cm³/mol. The van der Waals surface area contributed by atoms with Gasteiger partial charge in [0.25, 0.3) is 5.91 Å². The lowest BCUT2D eigenvalue weighted by Crippen LogP contribution is -2.33. The van der Waals surface area contributed by atoms with Crippen molar-refractivity contribution in [1.29, 1.82) is 0 Å². The largest absolute Gasteiger partial charge is 0.496 e. The highest BCUT2D eigenvalue weighted by Gasteiger charge is 2.12. The fourth-order valence-corrected chi connectivity index (χ4v) is 2.18. The van der Waals surface area contributed by atoms with Crippen LogP contribution >= 0.6 is 0 Å². The van der Waals surface area contributed by atoms with Crippen molar-refractivity contribution >= 4 is 17.9 Å². The fraction of sp³-hybridized carbons (Fsp3) is 0.158. The van der Waals surface area contributed by atoms with Gasteiger partial charge in [-0.2, -0.15) is 0 Å². The molecule has 2 aromatic carbocycles. The number of amides is 2. The molecule has 24 heavy (non-hydrogen) atoms. The highest BCUT2D eigenvalue weighted by molar-refractivity contribution is 6.00. The Labute approximate surface area is 141 Å². The molecule has 0 unspecified atom stereocenters. The van der Waals surface area contributed by atoms with E-state index in [1.807, 2.05) is 54.6 Å². The van der Waals surface area contributed by atoms with Gasteiger partial charge in [0.2, 0.25) is 5.91 Å². The van der Waals surface area contributed by atoms with E-state index >= 15 is 0 Å². The lowest BCUT2D eigenvalue weighted by atomic mass is 10.1. The number of nitrogens with one attached hydrogen (secondary N) is 2. The summed E-state index contributed by atoms with van der Waals surface area (Å²) in [4.78, 5) is 23.8. The van der Waals surface area contributed by atoms with E-state index in [1.165, 1.54) is 6.92 Å². The van der Waals surface area contributed by atoms with Gasteiger partial charge in [0.15, 0.2) is 0 Å². The van der Waals surface area contributed by atoms with Crippen LogP contribution in [0.3, 0.4) is 0 Å². The lowest BCUT2D eigenvalue weighted by molar-refractivity contribution is -0.122. The lowest BCUT2D eigenvalue weighted by Gasteiger charge is -2.12. The van der Waals surface area contributed by atoms with Gasteiger partial charge >= 0.3 is 0 Å². The summed E-state index contributed by atoms with van der Waals surface area (Å²) in [6, 6.07) is 16.8. The molecule has 0 aliphatic heterocycles. The maximum atomic E-state index is 12.4. The van der Waals surface area contributed by atoms with E-state index in [0.29, 0.717) is 12.3 Å². The number of hydrogen-bond donors (Lipinski definition) is 2. The molecule has 0 spiro atoms. The predicted octanol–water partition coefficient (Wildman–Crippen LogP) is 2.49. The van der Waals surface area contributed by atoms with Crippen LogP contribution in [0.1, 0.15) is 18.1 Å². The first kappa shape index (κ1) is 17.3. The maximum Gasteiger partial charge on any atom is 0.268 e. The van der Waals surface area contributed by atoms with E-state index in [4.69, 9.17) is 4.74 Å². The average Bonchev–Trinajstić information content (AvgIpc) is 2.60. The Morgan fingerprint density at radius 1 is 1.04 bits per heavy atom. The maximum absolute atomic E-state index is 12.4. The minimum atomic E-state index is -0.361. The Hall–Kier alpha value is -3.08. The highest BCUT2D eigenvalue weighted by Crippen LogP contribution is 2.16. The van der Waals surface area contributed by atoms with Crippen molar-refractivity contribution in [2.24, 2.45) is 0 Å². The zero-order valence-electron chi connectivity index (χ0n) is 13.7. The molecule has 0 fully saturated rings. The Balaban J connectivity index is 2.13. The summed E-state index contributed by atoms with van der Waals surface area (Å²) >= 11 is 0. The second-order valence-electron chi connectivity index (χ2n) is 5.14. The normalized spacial score (nSPS) is 10.8. The number of methoxy groups -OCH3 is 1. The van der Waals surface area contributed by atoms with Crippen LogP contribution in [0.5, 0.6) is 5.75 Å². The molecule has 124 valence electrons. The smallest absolute Gasteiger partial charge is 0.268 e. The van der Waals surface area contributed by atoms with Crippen molar-refractivity contribution in [1.82, 2.24) is 10.6 Å². The SMILES string of the molecule is COc1ccccc1CNC(=O)/C(=C/c1ccccc1)NC(C)=O. The summed E-state index contributed by atoms with van der Waals surface area (Å²) < 4.78 is 5.26. The summed E-state index contributed by atoms with van der Waals surface area (Å²) in [7, 11) is 1.58. The summed E-state index contributed by atoms with van der Waals surface area (Å²) in [5.74, 6) is 0.0375. The Bertz CT molecular complexity index is 739. The molecule has 5 nitrogen and oxygen atoms in total. The monoisotopic (exact) mass is 324 g/mol. The standard InChI is InChI=1S/C19H20N2O3/c1-14(22)21-17(12-15-8-4-3-5-9-15)19(23)20-13-16-10-6-7-11-18(16)24-2/h3-12H,13H2,1-2H3,(H,20,23)(H,21,22)/b17-12-. The highest BCUT2D eigenvalue weighted by atomic mass is 16.5. The second kappa shape index (κ2) is 8.53.